The highest BCUT2D eigenvalue weighted by molar-refractivity contribution is 5.93. The third-order valence-corrected chi connectivity index (χ3v) is 4.86. The molecule has 1 aromatic heterocycles. The van der Waals surface area contributed by atoms with Gasteiger partial charge in [0.15, 0.2) is 0 Å². The molecule has 6 nitrogen and oxygen atoms in total. The molecule has 1 amide bonds. The summed E-state index contributed by atoms with van der Waals surface area (Å²) in [5.74, 6) is 1.02. The number of hydrogen-bond acceptors (Lipinski definition) is 5. The van der Waals surface area contributed by atoms with Gasteiger partial charge < -0.3 is 15.5 Å². The summed E-state index contributed by atoms with van der Waals surface area (Å²) in [4.78, 5) is 22.9. The molecule has 0 aliphatic carbocycles. The second-order valence-electron chi connectivity index (χ2n) is 6.72. The van der Waals surface area contributed by atoms with E-state index in [1.165, 1.54) is 17.5 Å². The molecule has 1 aliphatic heterocycles. The minimum atomic E-state index is -0.123. The van der Waals surface area contributed by atoms with Crippen LogP contribution in [0.2, 0.25) is 0 Å². The molecule has 2 N–H and O–H groups in total. The smallest absolute Gasteiger partial charge is 0.254 e. The van der Waals surface area contributed by atoms with Crippen LogP contribution >= 0.6 is 0 Å². The van der Waals surface area contributed by atoms with Crippen LogP contribution in [0.4, 0.5) is 5.95 Å². The Morgan fingerprint density at radius 3 is 2.77 bits per heavy atom. The van der Waals surface area contributed by atoms with E-state index in [9.17, 15) is 4.79 Å². The van der Waals surface area contributed by atoms with Crippen LogP contribution in [-0.2, 0) is 0 Å². The van der Waals surface area contributed by atoms with Gasteiger partial charge in [0.2, 0.25) is 5.95 Å². The van der Waals surface area contributed by atoms with E-state index in [1.54, 1.807) is 12.4 Å². The van der Waals surface area contributed by atoms with E-state index in [0.29, 0.717) is 24.0 Å². The first kappa shape index (κ1) is 18.3. The van der Waals surface area contributed by atoms with Gasteiger partial charge in [0.25, 0.3) is 5.91 Å². The molecule has 0 radical (unpaired) electrons. The Labute approximate surface area is 155 Å². The first-order valence-electron chi connectivity index (χ1n) is 9.29. The summed E-state index contributed by atoms with van der Waals surface area (Å²) in [6, 6.07) is 8.63. The van der Waals surface area contributed by atoms with Crippen LogP contribution in [0.25, 0.3) is 0 Å². The van der Waals surface area contributed by atoms with Gasteiger partial charge in [-0.15, -0.1) is 0 Å². The number of hydrogen-bond donors (Lipinski definition) is 2. The fourth-order valence-corrected chi connectivity index (χ4v) is 3.46. The molecule has 0 spiro atoms. The average molecular weight is 353 g/mol. The Bertz CT molecular complexity index is 731. The zero-order valence-electron chi connectivity index (χ0n) is 15.5. The molecule has 0 bridgehead atoms. The fraction of sp³-hybridized carbons (Fsp3) is 0.450. The number of nitrogens with one attached hydrogen (secondary N) is 2. The summed E-state index contributed by atoms with van der Waals surface area (Å²) in [7, 11) is 0. The molecule has 2 heterocycles. The summed E-state index contributed by atoms with van der Waals surface area (Å²) in [6.07, 6.45) is 4.30. The molecule has 1 atom stereocenters. The second kappa shape index (κ2) is 8.76. The summed E-state index contributed by atoms with van der Waals surface area (Å²) >= 11 is 0. The Balaban J connectivity index is 1.44. The maximum Gasteiger partial charge on any atom is 0.254 e. The second-order valence-corrected chi connectivity index (χ2v) is 6.72. The SMILES string of the molecule is CCNc1ncc(C(=O)NCCN2CC[C@@H](c3ccccc3C)C2)cn1. The largest absolute Gasteiger partial charge is 0.355 e. The van der Waals surface area contributed by atoms with E-state index in [0.717, 1.165) is 26.2 Å². The molecule has 138 valence electrons. The number of carbonyl (C=O) groups is 1. The topological polar surface area (TPSA) is 70.2 Å². The van der Waals surface area contributed by atoms with Crippen LogP contribution in [-0.4, -0.2) is 53.5 Å². The van der Waals surface area contributed by atoms with Crippen molar-refractivity contribution in [2.24, 2.45) is 0 Å². The van der Waals surface area contributed by atoms with E-state index in [-0.39, 0.29) is 5.91 Å². The van der Waals surface area contributed by atoms with Crippen LogP contribution < -0.4 is 10.6 Å². The number of aryl methyl sites for hydroxylation is 1. The van der Waals surface area contributed by atoms with Crippen LogP contribution in [0.15, 0.2) is 36.7 Å². The van der Waals surface area contributed by atoms with Gasteiger partial charge in [-0.2, -0.15) is 0 Å². The molecule has 1 aromatic carbocycles. The number of benzene rings is 1. The molecular weight excluding hydrogens is 326 g/mol. The van der Waals surface area contributed by atoms with E-state index in [2.05, 4.69) is 56.7 Å². The van der Waals surface area contributed by atoms with E-state index in [1.807, 2.05) is 6.92 Å². The van der Waals surface area contributed by atoms with Gasteiger partial charge in [-0.3, -0.25) is 4.79 Å². The third-order valence-electron chi connectivity index (χ3n) is 4.86. The molecule has 0 saturated carbocycles. The number of aromatic nitrogens is 2. The van der Waals surface area contributed by atoms with Crippen molar-refractivity contribution in [3.05, 3.63) is 53.3 Å². The van der Waals surface area contributed by atoms with E-state index in [4.69, 9.17) is 0 Å². The lowest BCUT2D eigenvalue weighted by molar-refractivity contribution is 0.0949. The minimum Gasteiger partial charge on any atom is -0.355 e. The lowest BCUT2D eigenvalue weighted by atomic mass is 9.94. The lowest BCUT2D eigenvalue weighted by Crippen LogP contribution is -2.34. The Hall–Kier alpha value is -2.47. The summed E-state index contributed by atoms with van der Waals surface area (Å²) in [5, 5.41) is 5.98. The predicted molar refractivity (Wildman–Crippen MR) is 104 cm³/mol. The van der Waals surface area contributed by atoms with Crippen molar-refractivity contribution in [3.8, 4) is 0 Å². The molecule has 1 fully saturated rings. The fourth-order valence-electron chi connectivity index (χ4n) is 3.46. The van der Waals surface area contributed by atoms with Crippen molar-refractivity contribution in [2.45, 2.75) is 26.2 Å². The van der Waals surface area contributed by atoms with Crippen molar-refractivity contribution in [3.63, 3.8) is 0 Å². The van der Waals surface area contributed by atoms with Crippen molar-refractivity contribution < 1.29 is 4.79 Å². The molecular formula is C20H27N5O. The van der Waals surface area contributed by atoms with Crippen molar-refractivity contribution in [1.29, 1.82) is 0 Å². The van der Waals surface area contributed by atoms with Gasteiger partial charge in [0.1, 0.15) is 0 Å². The monoisotopic (exact) mass is 353 g/mol. The van der Waals surface area contributed by atoms with Gasteiger partial charge in [-0.25, -0.2) is 9.97 Å². The van der Waals surface area contributed by atoms with Gasteiger partial charge >= 0.3 is 0 Å². The lowest BCUT2D eigenvalue weighted by Gasteiger charge is -2.17. The number of amides is 1. The van der Waals surface area contributed by atoms with Crippen LogP contribution in [0.1, 0.15) is 40.7 Å². The number of anilines is 1. The van der Waals surface area contributed by atoms with Gasteiger partial charge in [-0.1, -0.05) is 24.3 Å². The van der Waals surface area contributed by atoms with E-state index >= 15 is 0 Å². The van der Waals surface area contributed by atoms with Gasteiger partial charge in [0.05, 0.1) is 5.56 Å². The molecule has 3 rings (SSSR count). The Morgan fingerprint density at radius 1 is 1.27 bits per heavy atom. The van der Waals surface area contributed by atoms with Crippen LogP contribution in [0.3, 0.4) is 0 Å². The summed E-state index contributed by atoms with van der Waals surface area (Å²) in [5.41, 5.74) is 3.32. The highest BCUT2D eigenvalue weighted by atomic mass is 16.1. The average Bonchev–Trinajstić information content (AvgIpc) is 3.11. The highest BCUT2D eigenvalue weighted by Crippen LogP contribution is 2.28. The zero-order valence-corrected chi connectivity index (χ0v) is 15.5. The molecule has 1 aliphatic rings. The molecule has 2 aromatic rings. The molecule has 26 heavy (non-hydrogen) atoms. The molecule has 1 saturated heterocycles. The van der Waals surface area contributed by atoms with Crippen molar-refractivity contribution in [1.82, 2.24) is 20.2 Å². The van der Waals surface area contributed by atoms with E-state index < -0.39 is 0 Å². The molecule has 0 unspecified atom stereocenters. The Kier molecular flexibility index (Phi) is 6.17. The van der Waals surface area contributed by atoms with Gasteiger partial charge in [0, 0.05) is 38.6 Å². The quantitative estimate of drug-likeness (QED) is 0.800. The maximum absolute atomic E-state index is 12.2. The van der Waals surface area contributed by atoms with Crippen molar-refractivity contribution >= 4 is 11.9 Å². The molecule has 6 heteroatoms. The Morgan fingerprint density at radius 2 is 2.04 bits per heavy atom. The third kappa shape index (κ3) is 4.58. The normalized spacial score (nSPS) is 17.2. The van der Waals surface area contributed by atoms with Crippen LogP contribution in [0.5, 0.6) is 0 Å². The standard InChI is InChI=1S/C20H27N5O/c1-3-21-20-23-12-17(13-24-20)19(26)22-9-11-25-10-8-16(14-25)18-7-5-4-6-15(18)2/h4-7,12-13,16H,3,8-11,14H2,1-2H3,(H,22,26)(H,21,23,24)/t16-/m1/s1. The first-order chi connectivity index (χ1) is 12.7. The summed E-state index contributed by atoms with van der Waals surface area (Å²) < 4.78 is 0. The number of rotatable bonds is 7. The predicted octanol–water partition coefficient (Wildman–Crippen LogP) is 2.44. The maximum atomic E-state index is 12.2. The number of likely N-dealkylation sites (tertiary alicyclic amines) is 1. The van der Waals surface area contributed by atoms with Gasteiger partial charge in [-0.05, 0) is 43.9 Å². The first-order valence-corrected chi connectivity index (χ1v) is 9.29. The van der Waals surface area contributed by atoms with Crippen LogP contribution in [0, 0.1) is 6.92 Å². The number of carbonyl (C=O) groups excluding carboxylic acids is 1. The minimum absolute atomic E-state index is 0.123. The zero-order chi connectivity index (χ0) is 18.4. The number of nitrogens with zero attached hydrogens (tertiary/aromatic N) is 3. The van der Waals surface area contributed by atoms with Crippen molar-refractivity contribution in [2.75, 3.05) is 38.0 Å². The highest BCUT2D eigenvalue weighted by Gasteiger charge is 2.24. The summed E-state index contributed by atoms with van der Waals surface area (Å²) in [6.45, 7) is 8.55.